The Morgan fingerprint density at radius 3 is 2.53 bits per heavy atom. The maximum absolute atomic E-state index is 12.7. The fraction of sp³-hybridized carbons (Fsp3) is 0.857. The van der Waals surface area contributed by atoms with E-state index in [-0.39, 0.29) is 18.5 Å². The van der Waals surface area contributed by atoms with Gasteiger partial charge in [-0.3, -0.25) is 4.79 Å². The smallest absolute Gasteiger partial charge is 0.326 e. The molecule has 0 aromatic heterocycles. The molecule has 2 aliphatic rings. The van der Waals surface area contributed by atoms with E-state index in [1.54, 1.807) is 18.7 Å². The minimum atomic E-state index is -0.879. The summed E-state index contributed by atoms with van der Waals surface area (Å²) in [6.07, 6.45) is 4.81. The molecular formula is C14H24N2O3. The fourth-order valence-electron chi connectivity index (χ4n) is 3.41. The van der Waals surface area contributed by atoms with Crippen LogP contribution in [0.5, 0.6) is 0 Å². The second-order valence-corrected chi connectivity index (χ2v) is 6.50. The minimum Gasteiger partial charge on any atom is -0.480 e. The summed E-state index contributed by atoms with van der Waals surface area (Å²) >= 11 is 0. The first-order valence-electron chi connectivity index (χ1n) is 7.14. The Bertz CT molecular complexity index is 381. The molecular weight excluding hydrogens is 244 g/mol. The van der Waals surface area contributed by atoms with Gasteiger partial charge in [-0.25, -0.2) is 4.79 Å². The number of hydrogen-bond acceptors (Lipinski definition) is 3. The topological polar surface area (TPSA) is 83.6 Å². The molecule has 2 rings (SSSR count). The van der Waals surface area contributed by atoms with Crippen molar-refractivity contribution in [2.24, 2.45) is 17.1 Å². The number of aliphatic carboxylic acids is 1. The van der Waals surface area contributed by atoms with Crippen LogP contribution in [0, 0.1) is 11.3 Å². The summed E-state index contributed by atoms with van der Waals surface area (Å²) < 4.78 is 0. The molecule has 1 saturated carbocycles. The molecule has 1 heterocycles. The first-order valence-corrected chi connectivity index (χ1v) is 7.14. The van der Waals surface area contributed by atoms with Crippen molar-refractivity contribution in [2.45, 2.75) is 58.0 Å². The van der Waals surface area contributed by atoms with E-state index in [9.17, 15) is 14.7 Å². The number of carbonyl (C=O) groups excluding carboxylic acids is 1. The van der Waals surface area contributed by atoms with Crippen LogP contribution in [-0.2, 0) is 9.59 Å². The summed E-state index contributed by atoms with van der Waals surface area (Å²) in [5.41, 5.74) is 4.99. The molecule has 0 aromatic carbocycles. The summed E-state index contributed by atoms with van der Waals surface area (Å²) in [4.78, 5) is 25.7. The lowest BCUT2D eigenvalue weighted by Gasteiger charge is -2.37. The summed E-state index contributed by atoms with van der Waals surface area (Å²) in [7, 11) is 0. The van der Waals surface area contributed by atoms with Crippen LogP contribution in [0.2, 0.25) is 0 Å². The van der Waals surface area contributed by atoms with Gasteiger partial charge in [-0.15, -0.1) is 0 Å². The van der Waals surface area contributed by atoms with Crippen LogP contribution in [0.25, 0.3) is 0 Å². The zero-order valence-corrected chi connectivity index (χ0v) is 11.8. The molecule has 5 heteroatoms. The predicted molar refractivity (Wildman–Crippen MR) is 71.5 cm³/mol. The standard InChI is InChI=1S/C14H24N2O3/c1-14(2,8-15)13(19)16-10-6-4-3-5-9(10)7-11(16)12(17)18/h9-11H,3-8,15H2,1-2H3,(H,17,18). The van der Waals surface area contributed by atoms with Crippen molar-refractivity contribution >= 4 is 11.9 Å². The lowest BCUT2D eigenvalue weighted by molar-refractivity contribution is -0.154. The van der Waals surface area contributed by atoms with Gasteiger partial charge in [-0.1, -0.05) is 12.8 Å². The molecule has 0 bridgehead atoms. The first-order chi connectivity index (χ1) is 8.88. The number of carboxylic acids is 1. The van der Waals surface area contributed by atoms with Crippen LogP contribution in [-0.4, -0.2) is 40.5 Å². The van der Waals surface area contributed by atoms with Gasteiger partial charge < -0.3 is 15.7 Å². The zero-order chi connectivity index (χ0) is 14.2. The molecule has 1 saturated heterocycles. The van der Waals surface area contributed by atoms with Crippen LogP contribution >= 0.6 is 0 Å². The highest BCUT2D eigenvalue weighted by Crippen LogP contribution is 2.41. The van der Waals surface area contributed by atoms with Crippen molar-refractivity contribution < 1.29 is 14.7 Å². The van der Waals surface area contributed by atoms with Gasteiger partial charge in [-0.05, 0) is 39.0 Å². The SMILES string of the molecule is CC(C)(CN)C(=O)N1C(C(=O)O)CC2CCCCC21. The van der Waals surface area contributed by atoms with Gasteiger partial charge in [0.15, 0.2) is 0 Å². The van der Waals surface area contributed by atoms with Crippen molar-refractivity contribution in [1.82, 2.24) is 4.90 Å². The molecule has 0 aromatic rings. The van der Waals surface area contributed by atoms with Crippen molar-refractivity contribution in [3.05, 3.63) is 0 Å². The molecule has 3 atom stereocenters. The van der Waals surface area contributed by atoms with Crippen molar-refractivity contribution in [3.63, 3.8) is 0 Å². The summed E-state index contributed by atoms with van der Waals surface area (Å²) in [5.74, 6) is -0.625. The van der Waals surface area contributed by atoms with Gasteiger partial charge in [-0.2, -0.15) is 0 Å². The number of nitrogens with two attached hydrogens (primary N) is 1. The van der Waals surface area contributed by atoms with Gasteiger partial charge >= 0.3 is 5.97 Å². The van der Waals surface area contributed by atoms with Crippen molar-refractivity contribution in [2.75, 3.05) is 6.54 Å². The summed E-state index contributed by atoms with van der Waals surface area (Å²) in [5, 5.41) is 9.39. The number of carbonyl (C=O) groups is 2. The summed E-state index contributed by atoms with van der Waals surface area (Å²) in [6, 6.07) is -0.556. The Kier molecular flexibility index (Phi) is 3.85. The molecule has 2 fully saturated rings. The van der Waals surface area contributed by atoms with Crippen LogP contribution in [0.3, 0.4) is 0 Å². The van der Waals surface area contributed by atoms with E-state index in [1.165, 1.54) is 0 Å². The Morgan fingerprint density at radius 2 is 1.95 bits per heavy atom. The molecule has 0 radical (unpaired) electrons. The van der Waals surface area contributed by atoms with Gasteiger partial charge in [0.05, 0.1) is 5.41 Å². The maximum atomic E-state index is 12.7. The van der Waals surface area contributed by atoms with Crippen LogP contribution in [0.15, 0.2) is 0 Å². The van der Waals surface area contributed by atoms with Gasteiger partial charge in [0, 0.05) is 12.6 Å². The summed E-state index contributed by atoms with van der Waals surface area (Å²) in [6.45, 7) is 3.83. The van der Waals surface area contributed by atoms with Gasteiger partial charge in [0.25, 0.3) is 0 Å². The fourth-order valence-corrected chi connectivity index (χ4v) is 3.41. The van der Waals surface area contributed by atoms with Crippen LogP contribution in [0.4, 0.5) is 0 Å². The number of hydrogen-bond donors (Lipinski definition) is 2. The van der Waals surface area contributed by atoms with Gasteiger partial charge in [0.2, 0.25) is 5.91 Å². The van der Waals surface area contributed by atoms with E-state index in [4.69, 9.17) is 5.73 Å². The van der Waals surface area contributed by atoms with E-state index >= 15 is 0 Å². The molecule has 0 spiro atoms. The average molecular weight is 268 g/mol. The van der Waals surface area contributed by atoms with Crippen molar-refractivity contribution in [1.29, 1.82) is 0 Å². The third kappa shape index (κ3) is 2.48. The number of carboxylic acid groups (broad SMARTS) is 1. The largest absolute Gasteiger partial charge is 0.480 e. The highest BCUT2D eigenvalue weighted by atomic mass is 16.4. The highest BCUT2D eigenvalue weighted by Gasteiger charge is 2.50. The highest BCUT2D eigenvalue weighted by molar-refractivity contribution is 5.88. The lowest BCUT2D eigenvalue weighted by atomic mass is 9.84. The minimum absolute atomic E-state index is 0.100. The van der Waals surface area contributed by atoms with Gasteiger partial charge in [0.1, 0.15) is 6.04 Å². The van der Waals surface area contributed by atoms with Crippen LogP contribution < -0.4 is 5.73 Å². The van der Waals surface area contributed by atoms with Crippen molar-refractivity contribution in [3.8, 4) is 0 Å². The van der Waals surface area contributed by atoms with Crippen LogP contribution in [0.1, 0.15) is 46.0 Å². The molecule has 1 aliphatic carbocycles. The number of likely N-dealkylation sites (tertiary alicyclic amines) is 1. The Balaban J connectivity index is 2.27. The number of fused-ring (bicyclic) bond motifs is 1. The number of nitrogens with zero attached hydrogens (tertiary/aromatic N) is 1. The quantitative estimate of drug-likeness (QED) is 0.806. The molecule has 1 aliphatic heterocycles. The second-order valence-electron chi connectivity index (χ2n) is 6.50. The predicted octanol–water partition coefficient (Wildman–Crippen LogP) is 1.22. The van der Waals surface area contributed by atoms with E-state index < -0.39 is 17.4 Å². The molecule has 5 nitrogen and oxygen atoms in total. The Hall–Kier alpha value is -1.10. The second kappa shape index (κ2) is 5.12. The lowest BCUT2D eigenvalue weighted by Crippen LogP contribution is -2.52. The molecule has 108 valence electrons. The normalized spacial score (nSPS) is 31.1. The number of rotatable bonds is 3. The Labute approximate surface area is 114 Å². The third-order valence-electron chi connectivity index (χ3n) is 4.70. The number of amides is 1. The average Bonchev–Trinajstić information content (AvgIpc) is 2.77. The molecule has 3 N–H and O–H groups in total. The monoisotopic (exact) mass is 268 g/mol. The first kappa shape index (κ1) is 14.3. The third-order valence-corrected chi connectivity index (χ3v) is 4.70. The molecule has 1 amide bonds. The maximum Gasteiger partial charge on any atom is 0.326 e. The van der Waals surface area contributed by atoms with E-state index in [0.29, 0.717) is 12.3 Å². The molecule has 19 heavy (non-hydrogen) atoms. The van der Waals surface area contributed by atoms with E-state index in [0.717, 1.165) is 25.7 Å². The Morgan fingerprint density at radius 1 is 1.32 bits per heavy atom. The van der Waals surface area contributed by atoms with E-state index in [1.807, 2.05) is 0 Å². The zero-order valence-electron chi connectivity index (χ0n) is 11.8. The molecule has 3 unspecified atom stereocenters. The van der Waals surface area contributed by atoms with E-state index in [2.05, 4.69) is 0 Å².